The lowest BCUT2D eigenvalue weighted by Crippen LogP contribution is -2.45. The second kappa shape index (κ2) is 5.16. The molecule has 0 bridgehead atoms. The van der Waals surface area contributed by atoms with Gasteiger partial charge < -0.3 is 0 Å². The third-order valence-corrected chi connectivity index (χ3v) is 6.76. The molecule has 0 saturated carbocycles. The number of benzene rings is 2. The molecule has 0 saturated heterocycles. The van der Waals surface area contributed by atoms with Gasteiger partial charge in [0.1, 0.15) is 5.82 Å². The van der Waals surface area contributed by atoms with E-state index in [9.17, 15) is 0 Å². The molecular weight excluding hydrogens is 321 g/mol. The van der Waals surface area contributed by atoms with Gasteiger partial charge in [-0.25, -0.2) is 4.39 Å². The average molecular weight is 346 g/mol. The zero-order valence-corrected chi connectivity index (χ0v) is 15.9. The predicted octanol–water partition coefficient (Wildman–Crippen LogP) is 5.72. The van der Waals surface area contributed by atoms with E-state index in [0.717, 1.165) is 24.0 Å². The molecule has 0 fully saturated rings. The molecule has 0 N–H and O–H groups in total. The molecule has 1 aromatic heterocycles. The van der Waals surface area contributed by atoms with Crippen LogP contribution in [0.15, 0.2) is 42.6 Å². The largest absolute Gasteiger partial charge is 0.221 e. The molecule has 2 heterocycles. The number of aromatic nitrogens is 1. The summed E-state index contributed by atoms with van der Waals surface area (Å²) in [6.45, 7) is 8.95. The first-order valence-corrected chi connectivity index (χ1v) is 9.74. The highest BCUT2D eigenvalue weighted by Crippen LogP contribution is 2.51. The molecule has 132 valence electrons. The lowest BCUT2D eigenvalue weighted by molar-refractivity contribution is -0.718. The maximum absolute atomic E-state index is 15.2. The minimum Gasteiger partial charge on any atom is -0.207 e. The summed E-state index contributed by atoms with van der Waals surface area (Å²) >= 11 is 0. The second-order valence-corrected chi connectivity index (χ2v) is 8.58. The first-order valence-electron chi connectivity index (χ1n) is 9.74. The average Bonchev–Trinajstić information content (AvgIpc) is 2.73. The van der Waals surface area contributed by atoms with Crippen LogP contribution in [0.3, 0.4) is 0 Å². The van der Waals surface area contributed by atoms with Crippen LogP contribution in [0.2, 0.25) is 0 Å². The fourth-order valence-electron chi connectivity index (χ4n) is 5.55. The highest BCUT2D eigenvalue weighted by Gasteiger charge is 2.44. The molecule has 1 aliphatic carbocycles. The smallest absolute Gasteiger partial charge is 0.207 e. The summed E-state index contributed by atoms with van der Waals surface area (Å²) < 4.78 is 17.6. The lowest BCUT2D eigenvalue weighted by Gasteiger charge is -2.34. The molecule has 2 unspecified atom stereocenters. The Balaban J connectivity index is 2.07. The van der Waals surface area contributed by atoms with E-state index in [0.29, 0.717) is 12.0 Å². The Morgan fingerprint density at radius 3 is 2.73 bits per heavy atom. The van der Waals surface area contributed by atoms with Crippen molar-refractivity contribution in [2.45, 2.75) is 52.0 Å². The third-order valence-electron chi connectivity index (χ3n) is 6.76. The van der Waals surface area contributed by atoms with Crippen molar-refractivity contribution in [3.05, 3.63) is 65.1 Å². The number of halogens is 1. The van der Waals surface area contributed by atoms with Crippen LogP contribution in [0.25, 0.3) is 22.0 Å². The molecular formula is C24H25FN+. The number of nitrogens with zero attached hydrogens (tertiary/aromatic N) is 1. The number of hydrogen-bond donors (Lipinski definition) is 0. The Bertz CT molecular complexity index is 1060. The SMILES string of the molecule is CCC1C(C)Cc2ccc(F)c3c2-c2c4c(cccc4cc[n+]21)C3(C)C. The molecule has 2 aromatic carbocycles. The molecule has 26 heavy (non-hydrogen) atoms. The van der Waals surface area contributed by atoms with Crippen LogP contribution in [-0.4, -0.2) is 0 Å². The molecule has 3 aromatic rings. The topological polar surface area (TPSA) is 3.88 Å². The third kappa shape index (κ3) is 1.83. The quantitative estimate of drug-likeness (QED) is 0.496. The fraction of sp³-hybridized carbons (Fsp3) is 0.375. The highest BCUT2D eigenvalue weighted by atomic mass is 19.1. The minimum atomic E-state index is -0.337. The van der Waals surface area contributed by atoms with E-state index in [2.05, 4.69) is 62.7 Å². The number of rotatable bonds is 1. The zero-order chi connectivity index (χ0) is 18.2. The number of hydrogen-bond acceptors (Lipinski definition) is 0. The normalized spacial score (nSPS) is 22.3. The molecule has 2 aliphatic rings. The van der Waals surface area contributed by atoms with Crippen molar-refractivity contribution >= 4 is 10.8 Å². The van der Waals surface area contributed by atoms with Gasteiger partial charge in [-0.05, 0) is 29.0 Å². The summed E-state index contributed by atoms with van der Waals surface area (Å²) in [6.07, 6.45) is 4.32. The van der Waals surface area contributed by atoms with Gasteiger partial charge in [-0.1, -0.05) is 52.0 Å². The van der Waals surface area contributed by atoms with E-state index in [-0.39, 0.29) is 11.2 Å². The maximum atomic E-state index is 15.2. The van der Waals surface area contributed by atoms with Gasteiger partial charge in [-0.3, -0.25) is 0 Å². The van der Waals surface area contributed by atoms with Gasteiger partial charge in [0.25, 0.3) is 0 Å². The van der Waals surface area contributed by atoms with Gasteiger partial charge >= 0.3 is 0 Å². The van der Waals surface area contributed by atoms with Crippen LogP contribution in [0, 0.1) is 11.7 Å². The summed E-state index contributed by atoms with van der Waals surface area (Å²) in [5.41, 5.74) is 5.47. The molecule has 5 rings (SSSR count). The summed E-state index contributed by atoms with van der Waals surface area (Å²) in [7, 11) is 0. The minimum absolute atomic E-state index is 0.0746. The lowest BCUT2D eigenvalue weighted by atomic mass is 9.68. The van der Waals surface area contributed by atoms with Gasteiger partial charge in [0.05, 0.1) is 10.9 Å². The summed E-state index contributed by atoms with van der Waals surface area (Å²) in [5, 5.41) is 2.57. The molecule has 2 heteroatoms. The summed E-state index contributed by atoms with van der Waals surface area (Å²) in [4.78, 5) is 0. The number of pyridine rings is 1. The van der Waals surface area contributed by atoms with Crippen molar-refractivity contribution < 1.29 is 8.96 Å². The van der Waals surface area contributed by atoms with Crippen LogP contribution in [0.5, 0.6) is 0 Å². The van der Waals surface area contributed by atoms with E-state index in [1.165, 1.54) is 27.6 Å². The van der Waals surface area contributed by atoms with Gasteiger partial charge in [0.2, 0.25) is 5.69 Å². The molecule has 1 aliphatic heterocycles. The Hall–Kier alpha value is -2.22. The van der Waals surface area contributed by atoms with E-state index in [4.69, 9.17) is 0 Å². The Morgan fingerprint density at radius 1 is 1.15 bits per heavy atom. The van der Waals surface area contributed by atoms with E-state index in [1.807, 2.05) is 6.07 Å². The first kappa shape index (κ1) is 16.0. The van der Waals surface area contributed by atoms with Crippen molar-refractivity contribution in [1.82, 2.24) is 0 Å². The maximum Gasteiger partial charge on any atom is 0.221 e. The van der Waals surface area contributed by atoms with Crippen molar-refractivity contribution in [2.75, 3.05) is 0 Å². The molecule has 0 amide bonds. The van der Waals surface area contributed by atoms with Crippen LogP contribution < -0.4 is 4.57 Å². The standard InChI is InChI=1S/C24H25FN/c1-5-19-14(2)13-16-9-10-18(25)22-21(16)23-20-15(11-12-26(19)23)7-6-8-17(20)24(22,3)4/h6-12,14,19H,5,13H2,1-4H3/q+1. The van der Waals surface area contributed by atoms with E-state index in [1.54, 1.807) is 6.07 Å². The molecule has 0 spiro atoms. The summed E-state index contributed by atoms with van der Waals surface area (Å²) in [6, 6.07) is 12.9. The van der Waals surface area contributed by atoms with Crippen molar-refractivity contribution in [2.24, 2.45) is 5.92 Å². The Morgan fingerprint density at radius 2 is 1.96 bits per heavy atom. The van der Waals surface area contributed by atoms with Gasteiger partial charge in [-0.15, -0.1) is 0 Å². The second-order valence-electron chi connectivity index (χ2n) is 8.58. The monoisotopic (exact) mass is 346 g/mol. The molecule has 2 atom stereocenters. The van der Waals surface area contributed by atoms with Crippen LogP contribution >= 0.6 is 0 Å². The predicted molar refractivity (Wildman–Crippen MR) is 104 cm³/mol. The van der Waals surface area contributed by atoms with Gasteiger partial charge in [0, 0.05) is 29.4 Å². The van der Waals surface area contributed by atoms with Crippen LogP contribution in [0.4, 0.5) is 4.39 Å². The molecule has 1 nitrogen and oxygen atoms in total. The first-order chi connectivity index (χ1) is 12.4. The van der Waals surface area contributed by atoms with E-state index >= 15 is 4.39 Å². The van der Waals surface area contributed by atoms with Gasteiger partial charge in [0.15, 0.2) is 12.2 Å². The summed E-state index contributed by atoms with van der Waals surface area (Å²) in [5.74, 6) is 0.448. The van der Waals surface area contributed by atoms with Crippen LogP contribution in [0.1, 0.15) is 56.8 Å². The highest BCUT2D eigenvalue weighted by molar-refractivity contribution is 6.00. The molecule has 0 radical (unpaired) electrons. The fourth-order valence-corrected chi connectivity index (χ4v) is 5.55. The Kier molecular flexibility index (Phi) is 3.17. The van der Waals surface area contributed by atoms with Crippen molar-refractivity contribution in [1.29, 1.82) is 0 Å². The van der Waals surface area contributed by atoms with E-state index < -0.39 is 0 Å². The Labute approximate surface area is 154 Å². The van der Waals surface area contributed by atoms with Crippen molar-refractivity contribution in [3.63, 3.8) is 0 Å². The van der Waals surface area contributed by atoms with Gasteiger partial charge in [-0.2, -0.15) is 4.57 Å². The van der Waals surface area contributed by atoms with Crippen molar-refractivity contribution in [3.8, 4) is 11.3 Å². The zero-order valence-electron chi connectivity index (χ0n) is 15.9. The van der Waals surface area contributed by atoms with Crippen LogP contribution in [-0.2, 0) is 11.8 Å².